The van der Waals surface area contributed by atoms with E-state index in [9.17, 15) is 9.59 Å². The van der Waals surface area contributed by atoms with E-state index in [1.807, 2.05) is 35.2 Å². The summed E-state index contributed by atoms with van der Waals surface area (Å²) in [5, 5.41) is 12.2. The zero-order chi connectivity index (χ0) is 16.9. The molecule has 0 radical (unpaired) electrons. The number of hydrogen-bond acceptors (Lipinski definition) is 3. The standard InChI is InChI=1S/C19H20N2O3/c22-18-17(7-4-12-21(18)16-5-2-1-3-6-16)20-13-14-8-10-15(11-9-14)19(23)24/h1-3,5-6,8-11,17,20H,4,7,12-13H2,(H,23,24). The minimum Gasteiger partial charge on any atom is -0.478 e. The second-order valence-electron chi connectivity index (χ2n) is 5.90. The molecule has 0 bridgehead atoms. The number of amides is 1. The van der Waals surface area contributed by atoms with Crippen molar-refractivity contribution in [3.05, 3.63) is 65.7 Å². The number of aromatic carboxylic acids is 1. The summed E-state index contributed by atoms with van der Waals surface area (Å²) in [4.78, 5) is 25.4. The fourth-order valence-electron chi connectivity index (χ4n) is 2.94. The quantitative estimate of drug-likeness (QED) is 0.887. The van der Waals surface area contributed by atoms with E-state index in [-0.39, 0.29) is 17.5 Å². The molecule has 1 atom stereocenters. The molecule has 2 aromatic rings. The van der Waals surface area contributed by atoms with Crippen LogP contribution in [0.3, 0.4) is 0 Å². The molecule has 2 N–H and O–H groups in total. The number of hydrogen-bond donors (Lipinski definition) is 2. The molecule has 0 aromatic heterocycles. The van der Waals surface area contributed by atoms with Crippen molar-refractivity contribution < 1.29 is 14.7 Å². The summed E-state index contributed by atoms with van der Waals surface area (Å²) >= 11 is 0. The first-order chi connectivity index (χ1) is 11.6. The van der Waals surface area contributed by atoms with Gasteiger partial charge in [0.25, 0.3) is 0 Å². The number of carbonyl (C=O) groups excluding carboxylic acids is 1. The monoisotopic (exact) mass is 324 g/mol. The van der Waals surface area contributed by atoms with Crippen molar-refractivity contribution in [3.63, 3.8) is 0 Å². The first kappa shape index (κ1) is 16.2. The van der Waals surface area contributed by atoms with E-state index in [0.29, 0.717) is 6.54 Å². The minimum atomic E-state index is -0.935. The molecule has 3 rings (SSSR count). The van der Waals surface area contributed by atoms with Gasteiger partial charge in [-0.2, -0.15) is 0 Å². The number of anilines is 1. The molecule has 1 aliphatic rings. The van der Waals surface area contributed by atoms with E-state index in [0.717, 1.165) is 30.6 Å². The Hall–Kier alpha value is -2.66. The van der Waals surface area contributed by atoms with Crippen LogP contribution in [-0.2, 0) is 11.3 Å². The van der Waals surface area contributed by atoms with Gasteiger partial charge < -0.3 is 15.3 Å². The van der Waals surface area contributed by atoms with Gasteiger partial charge in [-0.05, 0) is 42.7 Å². The Morgan fingerprint density at radius 1 is 1.12 bits per heavy atom. The van der Waals surface area contributed by atoms with Crippen molar-refractivity contribution in [1.29, 1.82) is 0 Å². The van der Waals surface area contributed by atoms with Crippen LogP contribution >= 0.6 is 0 Å². The third-order valence-corrected chi connectivity index (χ3v) is 4.26. The topological polar surface area (TPSA) is 69.6 Å². The summed E-state index contributed by atoms with van der Waals surface area (Å²) < 4.78 is 0. The molecule has 5 nitrogen and oxygen atoms in total. The fraction of sp³-hybridized carbons (Fsp3) is 0.263. The van der Waals surface area contributed by atoms with E-state index in [1.165, 1.54) is 0 Å². The maximum Gasteiger partial charge on any atom is 0.335 e. The van der Waals surface area contributed by atoms with Crippen LogP contribution in [0.4, 0.5) is 5.69 Å². The molecule has 124 valence electrons. The Kier molecular flexibility index (Phi) is 4.91. The first-order valence-electron chi connectivity index (χ1n) is 8.07. The molecule has 1 saturated heterocycles. The molecule has 1 unspecified atom stereocenters. The maximum atomic E-state index is 12.7. The van der Waals surface area contributed by atoms with Crippen LogP contribution in [0.15, 0.2) is 54.6 Å². The van der Waals surface area contributed by atoms with Crippen molar-refractivity contribution in [2.75, 3.05) is 11.4 Å². The number of benzene rings is 2. The Bertz CT molecular complexity index is 713. The van der Waals surface area contributed by atoms with Gasteiger partial charge in [0, 0.05) is 18.8 Å². The summed E-state index contributed by atoms with van der Waals surface area (Å²) in [5.74, 6) is -0.843. The summed E-state index contributed by atoms with van der Waals surface area (Å²) in [6, 6.07) is 16.2. The van der Waals surface area contributed by atoms with Crippen LogP contribution < -0.4 is 10.2 Å². The average molecular weight is 324 g/mol. The number of nitrogens with one attached hydrogen (secondary N) is 1. The number of carboxylic acid groups (broad SMARTS) is 1. The number of rotatable bonds is 5. The summed E-state index contributed by atoms with van der Waals surface area (Å²) in [6.45, 7) is 1.28. The lowest BCUT2D eigenvalue weighted by atomic mass is 10.0. The number of piperidine rings is 1. The van der Waals surface area contributed by atoms with Crippen molar-refractivity contribution in [3.8, 4) is 0 Å². The zero-order valence-corrected chi connectivity index (χ0v) is 13.3. The molecule has 1 amide bonds. The van der Waals surface area contributed by atoms with Gasteiger partial charge in [0.15, 0.2) is 0 Å². The van der Waals surface area contributed by atoms with Gasteiger partial charge in [0.05, 0.1) is 11.6 Å². The SMILES string of the molecule is O=C(O)c1ccc(CNC2CCCN(c3ccccc3)C2=O)cc1. The van der Waals surface area contributed by atoms with Gasteiger partial charge in [-0.25, -0.2) is 4.79 Å². The maximum absolute atomic E-state index is 12.7. The predicted molar refractivity (Wildman–Crippen MR) is 92.1 cm³/mol. The van der Waals surface area contributed by atoms with Gasteiger partial charge in [-0.15, -0.1) is 0 Å². The van der Waals surface area contributed by atoms with Crippen LogP contribution in [0.2, 0.25) is 0 Å². The normalized spacial score (nSPS) is 17.8. The van der Waals surface area contributed by atoms with Gasteiger partial charge in [-0.3, -0.25) is 4.79 Å². The van der Waals surface area contributed by atoms with Crippen LogP contribution in [-0.4, -0.2) is 29.6 Å². The fourth-order valence-corrected chi connectivity index (χ4v) is 2.94. The molecule has 1 heterocycles. The zero-order valence-electron chi connectivity index (χ0n) is 13.3. The smallest absolute Gasteiger partial charge is 0.335 e. The molecule has 0 spiro atoms. The molecule has 2 aromatic carbocycles. The highest BCUT2D eigenvalue weighted by atomic mass is 16.4. The van der Waals surface area contributed by atoms with E-state index >= 15 is 0 Å². The molecule has 1 aliphatic heterocycles. The second-order valence-corrected chi connectivity index (χ2v) is 5.90. The highest BCUT2D eigenvalue weighted by Gasteiger charge is 2.29. The third-order valence-electron chi connectivity index (χ3n) is 4.26. The van der Waals surface area contributed by atoms with Crippen LogP contribution in [0, 0.1) is 0 Å². The molecule has 24 heavy (non-hydrogen) atoms. The van der Waals surface area contributed by atoms with Crippen molar-refractivity contribution in [2.24, 2.45) is 0 Å². The Morgan fingerprint density at radius 3 is 2.50 bits per heavy atom. The van der Waals surface area contributed by atoms with E-state index < -0.39 is 5.97 Å². The van der Waals surface area contributed by atoms with Crippen LogP contribution in [0.25, 0.3) is 0 Å². The van der Waals surface area contributed by atoms with Crippen LogP contribution in [0.1, 0.15) is 28.8 Å². The number of carboxylic acids is 1. The molecule has 0 aliphatic carbocycles. The van der Waals surface area contributed by atoms with Crippen molar-refractivity contribution in [2.45, 2.75) is 25.4 Å². The van der Waals surface area contributed by atoms with Gasteiger partial charge in [0.1, 0.15) is 0 Å². The minimum absolute atomic E-state index is 0.0922. The summed E-state index contributed by atoms with van der Waals surface area (Å²) in [7, 11) is 0. The largest absolute Gasteiger partial charge is 0.478 e. The third kappa shape index (κ3) is 3.63. The first-order valence-corrected chi connectivity index (χ1v) is 8.07. The van der Waals surface area contributed by atoms with Crippen LogP contribution in [0.5, 0.6) is 0 Å². The van der Waals surface area contributed by atoms with E-state index in [4.69, 9.17) is 5.11 Å². The average Bonchev–Trinajstić information content (AvgIpc) is 2.62. The summed E-state index contributed by atoms with van der Waals surface area (Å²) in [6.07, 6.45) is 1.77. The highest BCUT2D eigenvalue weighted by molar-refractivity contribution is 5.97. The van der Waals surface area contributed by atoms with Crippen molar-refractivity contribution >= 4 is 17.6 Å². The Morgan fingerprint density at radius 2 is 1.83 bits per heavy atom. The van der Waals surface area contributed by atoms with E-state index in [2.05, 4.69) is 5.32 Å². The lowest BCUT2D eigenvalue weighted by Gasteiger charge is -2.32. The second kappa shape index (κ2) is 7.27. The molecular formula is C19H20N2O3. The van der Waals surface area contributed by atoms with Crippen molar-refractivity contribution in [1.82, 2.24) is 5.32 Å². The van der Waals surface area contributed by atoms with Gasteiger partial charge >= 0.3 is 5.97 Å². The lowest BCUT2D eigenvalue weighted by Crippen LogP contribution is -2.50. The Labute approximate surface area is 140 Å². The number of para-hydroxylation sites is 1. The van der Waals surface area contributed by atoms with Gasteiger partial charge in [0.2, 0.25) is 5.91 Å². The summed E-state index contributed by atoms with van der Waals surface area (Å²) in [5.41, 5.74) is 2.16. The number of carbonyl (C=O) groups is 2. The molecular weight excluding hydrogens is 304 g/mol. The molecule has 5 heteroatoms. The lowest BCUT2D eigenvalue weighted by molar-refractivity contribution is -0.121. The molecule has 1 fully saturated rings. The number of nitrogens with zero attached hydrogens (tertiary/aromatic N) is 1. The Balaban J connectivity index is 1.62. The molecule has 0 saturated carbocycles. The highest BCUT2D eigenvalue weighted by Crippen LogP contribution is 2.21. The predicted octanol–water partition coefficient (Wildman–Crippen LogP) is 2.67. The van der Waals surface area contributed by atoms with Gasteiger partial charge in [-0.1, -0.05) is 30.3 Å². The van der Waals surface area contributed by atoms with E-state index in [1.54, 1.807) is 24.3 Å².